The van der Waals surface area contributed by atoms with Gasteiger partial charge in [0.2, 0.25) is 0 Å². The number of hydrogen-bond acceptors (Lipinski definition) is 1. The summed E-state index contributed by atoms with van der Waals surface area (Å²) in [6, 6.07) is 3.67. The molecule has 0 amide bonds. The van der Waals surface area contributed by atoms with E-state index in [-0.39, 0.29) is 5.56 Å². The van der Waals surface area contributed by atoms with E-state index in [1.54, 1.807) is 10.6 Å². The maximum absolute atomic E-state index is 11.5. The molecule has 0 aromatic carbocycles. The Morgan fingerprint density at radius 2 is 2.14 bits per heavy atom. The van der Waals surface area contributed by atoms with Crippen LogP contribution < -0.4 is 5.56 Å². The second-order valence-corrected chi connectivity index (χ2v) is 4.27. The number of aromatic nitrogens is 1. The summed E-state index contributed by atoms with van der Waals surface area (Å²) in [7, 11) is 0. The van der Waals surface area contributed by atoms with Crippen LogP contribution in [0, 0.1) is 12.8 Å². The normalized spacial score (nSPS) is 10.9. The second kappa shape index (κ2) is 4.99. The van der Waals surface area contributed by atoms with Crippen LogP contribution >= 0.6 is 0 Å². The first-order valence-electron chi connectivity index (χ1n) is 5.26. The zero-order valence-electron chi connectivity index (χ0n) is 9.29. The summed E-state index contributed by atoms with van der Waals surface area (Å²) in [4.78, 5) is 11.5. The van der Waals surface area contributed by atoms with Crippen LogP contribution in [0.25, 0.3) is 0 Å². The van der Waals surface area contributed by atoms with E-state index in [9.17, 15) is 4.79 Å². The largest absolute Gasteiger partial charge is 0.316 e. The molecule has 0 atom stereocenters. The van der Waals surface area contributed by atoms with E-state index in [4.69, 9.17) is 0 Å². The summed E-state index contributed by atoms with van der Waals surface area (Å²) < 4.78 is 1.79. The predicted molar refractivity (Wildman–Crippen MR) is 59.5 cm³/mol. The minimum atomic E-state index is 0.119. The molecular weight excluding hydrogens is 174 g/mol. The monoisotopic (exact) mass is 193 g/mol. The Kier molecular flexibility index (Phi) is 3.93. The van der Waals surface area contributed by atoms with Crippen LogP contribution in [0.3, 0.4) is 0 Å². The van der Waals surface area contributed by atoms with Crippen molar-refractivity contribution in [1.82, 2.24) is 4.57 Å². The molecule has 78 valence electrons. The third-order valence-electron chi connectivity index (χ3n) is 2.33. The molecule has 0 unspecified atom stereocenters. The van der Waals surface area contributed by atoms with Crippen LogP contribution in [-0.4, -0.2) is 4.57 Å². The SMILES string of the molecule is Cc1ccn(CCCC(C)C)c(=O)c1. The highest BCUT2D eigenvalue weighted by Gasteiger charge is 1.97. The van der Waals surface area contributed by atoms with Gasteiger partial charge in [0.25, 0.3) is 5.56 Å². The van der Waals surface area contributed by atoms with Gasteiger partial charge in [-0.15, -0.1) is 0 Å². The zero-order valence-corrected chi connectivity index (χ0v) is 9.29. The van der Waals surface area contributed by atoms with Crippen LogP contribution in [0.1, 0.15) is 32.3 Å². The first-order valence-corrected chi connectivity index (χ1v) is 5.26. The van der Waals surface area contributed by atoms with Crippen molar-refractivity contribution in [2.24, 2.45) is 5.92 Å². The Hall–Kier alpha value is -1.05. The number of aryl methyl sites for hydroxylation is 2. The fraction of sp³-hybridized carbons (Fsp3) is 0.583. The number of rotatable bonds is 4. The molecule has 0 N–H and O–H groups in total. The van der Waals surface area contributed by atoms with Crippen LogP contribution in [0.15, 0.2) is 23.1 Å². The maximum atomic E-state index is 11.5. The number of hydrogen-bond donors (Lipinski definition) is 0. The van der Waals surface area contributed by atoms with Gasteiger partial charge in [0, 0.05) is 18.8 Å². The Labute approximate surface area is 85.6 Å². The van der Waals surface area contributed by atoms with Crippen molar-refractivity contribution in [3.8, 4) is 0 Å². The molecule has 1 heterocycles. The van der Waals surface area contributed by atoms with Gasteiger partial charge in [-0.2, -0.15) is 0 Å². The molecule has 0 saturated carbocycles. The first-order chi connectivity index (χ1) is 6.59. The molecule has 2 heteroatoms. The van der Waals surface area contributed by atoms with Crippen LogP contribution in [0.2, 0.25) is 0 Å². The van der Waals surface area contributed by atoms with Crippen LogP contribution in [-0.2, 0) is 6.54 Å². The summed E-state index contributed by atoms with van der Waals surface area (Å²) >= 11 is 0. The third kappa shape index (κ3) is 3.36. The molecule has 1 aromatic rings. The maximum Gasteiger partial charge on any atom is 0.250 e. The molecule has 0 radical (unpaired) electrons. The topological polar surface area (TPSA) is 22.0 Å². The van der Waals surface area contributed by atoms with Crippen molar-refractivity contribution in [2.75, 3.05) is 0 Å². The van der Waals surface area contributed by atoms with E-state index < -0.39 is 0 Å². The second-order valence-electron chi connectivity index (χ2n) is 4.27. The van der Waals surface area contributed by atoms with Gasteiger partial charge >= 0.3 is 0 Å². The molecule has 0 spiro atoms. The van der Waals surface area contributed by atoms with Gasteiger partial charge in [-0.1, -0.05) is 13.8 Å². The molecule has 0 saturated heterocycles. The minimum Gasteiger partial charge on any atom is -0.316 e. The van der Waals surface area contributed by atoms with Gasteiger partial charge in [-0.3, -0.25) is 4.79 Å². The lowest BCUT2D eigenvalue weighted by Gasteiger charge is -2.07. The van der Waals surface area contributed by atoms with E-state index in [2.05, 4.69) is 13.8 Å². The van der Waals surface area contributed by atoms with Gasteiger partial charge in [0.1, 0.15) is 0 Å². The third-order valence-corrected chi connectivity index (χ3v) is 2.33. The summed E-state index contributed by atoms with van der Waals surface area (Å²) in [5.74, 6) is 0.719. The van der Waals surface area contributed by atoms with Crippen molar-refractivity contribution < 1.29 is 0 Å². The van der Waals surface area contributed by atoms with Gasteiger partial charge in [0.05, 0.1) is 0 Å². The van der Waals surface area contributed by atoms with Crippen molar-refractivity contribution in [2.45, 2.75) is 40.2 Å². The van der Waals surface area contributed by atoms with E-state index >= 15 is 0 Å². The van der Waals surface area contributed by atoms with E-state index in [0.29, 0.717) is 0 Å². The molecule has 0 aliphatic carbocycles. The summed E-state index contributed by atoms with van der Waals surface area (Å²) in [5.41, 5.74) is 1.16. The van der Waals surface area contributed by atoms with Crippen molar-refractivity contribution in [1.29, 1.82) is 0 Å². The van der Waals surface area contributed by atoms with Crippen molar-refractivity contribution in [3.63, 3.8) is 0 Å². The quantitative estimate of drug-likeness (QED) is 0.720. The molecule has 2 nitrogen and oxygen atoms in total. The standard InChI is InChI=1S/C12H19NO/c1-10(2)5-4-7-13-8-6-11(3)9-12(13)14/h6,8-10H,4-5,7H2,1-3H3. The first kappa shape index (κ1) is 11.0. The highest BCUT2D eigenvalue weighted by atomic mass is 16.1. The number of nitrogens with zero attached hydrogens (tertiary/aromatic N) is 1. The highest BCUT2D eigenvalue weighted by molar-refractivity contribution is 5.07. The molecule has 0 aliphatic heterocycles. The Morgan fingerprint density at radius 1 is 1.43 bits per heavy atom. The molecule has 0 bridgehead atoms. The van der Waals surface area contributed by atoms with Gasteiger partial charge in [0.15, 0.2) is 0 Å². The fourth-order valence-corrected chi connectivity index (χ4v) is 1.46. The summed E-state index contributed by atoms with van der Waals surface area (Å²) in [5, 5.41) is 0. The molecule has 1 aromatic heterocycles. The van der Waals surface area contributed by atoms with Gasteiger partial charge < -0.3 is 4.57 Å². The Bertz CT molecular complexity index is 338. The molecule has 1 rings (SSSR count). The average molecular weight is 193 g/mol. The van der Waals surface area contributed by atoms with Crippen LogP contribution in [0.5, 0.6) is 0 Å². The fourth-order valence-electron chi connectivity index (χ4n) is 1.46. The van der Waals surface area contributed by atoms with E-state index in [1.807, 2.05) is 19.2 Å². The molecule has 14 heavy (non-hydrogen) atoms. The lowest BCUT2D eigenvalue weighted by atomic mass is 10.1. The molecular formula is C12H19NO. The smallest absolute Gasteiger partial charge is 0.250 e. The lowest BCUT2D eigenvalue weighted by molar-refractivity contribution is 0.506. The Morgan fingerprint density at radius 3 is 2.71 bits per heavy atom. The Balaban J connectivity index is 2.55. The van der Waals surface area contributed by atoms with Crippen molar-refractivity contribution in [3.05, 3.63) is 34.2 Å². The molecule has 0 aliphatic rings. The number of pyridine rings is 1. The highest BCUT2D eigenvalue weighted by Crippen LogP contribution is 2.04. The summed E-state index contributed by atoms with van der Waals surface area (Å²) in [6.45, 7) is 7.20. The van der Waals surface area contributed by atoms with E-state index in [0.717, 1.165) is 24.4 Å². The van der Waals surface area contributed by atoms with Crippen LogP contribution in [0.4, 0.5) is 0 Å². The average Bonchev–Trinajstić information content (AvgIpc) is 2.08. The van der Waals surface area contributed by atoms with E-state index in [1.165, 1.54) is 6.42 Å². The minimum absolute atomic E-state index is 0.119. The lowest BCUT2D eigenvalue weighted by Crippen LogP contribution is -2.18. The predicted octanol–water partition coefficient (Wildman–Crippen LogP) is 2.59. The van der Waals surface area contributed by atoms with Crippen molar-refractivity contribution >= 4 is 0 Å². The molecule has 0 fully saturated rings. The summed E-state index contributed by atoms with van der Waals surface area (Å²) in [6.07, 6.45) is 4.15. The van der Waals surface area contributed by atoms with Gasteiger partial charge in [-0.05, 0) is 37.3 Å². The van der Waals surface area contributed by atoms with Gasteiger partial charge in [-0.25, -0.2) is 0 Å². The zero-order chi connectivity index (χ0) is 10.6.